The fraction of sp³-hybridized carbons (Fsp3) is 0.467. The van der Waals surface area contributed by atoms with E-state index in [4.69, 9.17) is 22.7 Å². The van der Waals surface area contributed by atoms with E-state index in [9.17, 15) is 4.79 Å². The van der Waals surface area contributed by atoms with Gasteiger partial charge in [0, 0.05) is 5.41 Å². The molecule has 0 heterocycles. The molecule has 1 aromatic carbocycles. The van der Waals surface area contributed by atoms with Crippen molar-refractivity contribution in [2.75, 3.05) is 7.11 Å². The van der Waals surface area contributed by atoms with Gasteiger partial charge in [-0.25, -0.2) is 4.79 Å². The molecule has 1 aliphatic carbocycles. The number of carbonyl (C=O) groups excluding carboxylic acids is 1. The van der Waals surface area contributed by atoms with Gasteiger partial charge in [0.15, 0.2) is 0 Å². The molecule has 1 unspecified atom stereocenters. The van der Waals surface area contributed by atoms with Gasteiger partial charge in [0.2, 0.25) is 0 Å². The van der Waals surface area contributed by atoms with Crippen LogP contribution in [-0.4, -0.2) is 18.1 Å². The number of nitrogens with two attached hydrogens (primary N) is 1. The maximum atomic E-state index is 11.6. The lowest BCUT2D eigenvalue weighted by Crippen LogP contribution is -2.46. The number of hydrogen-bond donors (Lipinski definition) is 1. The second-order valence-corrected chi connectivity index (χ2v) is 5.71. The average molecular weight is 277 g/mol. The van der Waals surface area contributed by atoms with Gasteiger partial charge in [-0.05, 0) is 43.4 Å². The minimum atomic E-state index is -0.336. The second kappa shape index (κ2) is 5.29. The van der Waals surface area contributed by atoms with Crippen LogP contribution in [0.2, 0.25) is 0 Å². The number of carbonyl (C=O) groups is 1. The predicted molar refractivity (Wildman–Crippen MR) is 79.3 cm³/mol. The van der Waals surface area contributed by atoms with Crippen LogP contribution in [0, 0.1) is 5.92 Å². The molecule has 19 heavy (non-hydrogen) atoms. The van der Waals surface area contributed by atoms with Crippen LogP contribution in [0.15, 0.2) is 24.3 Å². The van der Waals surface area contributed by atoms with E-state index >= 15 is 0 Å². The van der Waals surface area contributed by atoms with Crippen LogP contribution in [0.25, 0.3) is 0 Å². The van der Waals surface area contributed by atoms with Crippen molar-refractivity contribution < 1.29 is 9.53 Å². The molecule has 1 aromatic rings. The normalized spacial score (nSPS) is 18.2. The van der Waals surface area contributed by atoms with Crippen LogP contribution in [0.5, 0.6) is 0 Å². The first-order valence-corrected chi connectivity index (χ1v) is 6.89. The van der Waals surface area contributed by atoms with Crippen LogP contribution >= 0.6 is 12.2 Å². The molecule has 0 bridgehead atoms. The highest BCUT2D eigenvalue weighted by Gasteiger charge is 2.41. The Balaban J connectivity index is 2.42. The molecule has 0 spiro atoms. The van der Waals surface area contributed by atoms with Gasteiger partial charge in [-0.2, -0.15) is 0 Å². The summed E-state index contributed by atoms with van der Waals surface area (Å²) in [4.78, 5) is 12.1. The predicted octanol–water partition coefficient (Wildman–Crippen LogP) is 2.82. The van der Waals surface area contributed by atoms with Gasteiger partial charge < -0.3 is 10.5 Å². The number of methoxy groups -OCH3 is 1. The van der Waals surface area contributed by atoms with E-state index in [2.05, 4.69) is 6.92 Å². The third kappa shape index (κ3) is 2.37. The largest absolute Gasteiger partial charge is 0.465 e. The van der Waals surface area contributed by atoms with E-state index in [1.54, 1.807) is 6.07 Å². The van der Waals surface area contributed by atoms with Crippen molar-refractivity contribution in [1.82, 2.24) is 0 Å². The Morgan fingerprint density at radius 2 is 2.16 bits per heavy atom. The maximum Gasteiger partial charge on any atom is 0.337 e. The van der Waals surface area contributed by atoms with Gasteiger partial charge in [0.1, 0.15) is 0 Å². The van der Waals surface area contributed by atoms with Crippen LogP contribution in [0.4, 0.5) is 0 Å². The fourth-order valence-electron chi connectivity index (χ4n) is 2.65. The highest BCUT2D eigenvalue weighted by atomic mass is 32.1. The van der Waals surface area contributed by atoms with E-state index in [1.165, 1.54) is 13.5 Å². The highest BCUT2D eigenvalue weighted by Crippen LogP contribution is 2.44. The molecule has 0 amide bonds. The first kappa shape index (κ1) is 14.0. The molecule has 3 nitrogen and oxygen atoms in total. The van der Waals surface area contributed by atoms with Gasteiger partial charge in [0.05, 0.1) is 17.7 Å². The summed E-state index contributed by atoms with van der Waals surface area (Å²) in [6.07, 6.45) is 3.49. The zero-order chi connectivity index (χ0) is 14.0. The smallest absolute Gasteiger partial charge is 0.337 e. The van der Waals surface area contributed by atoms with Crippen molar-refractivity contribution in [2.45, 2.75) is 31.6 Å². The van der Waals surface area contributed by atoms with Crippen molar-refractivity contribution in [2.24, 2.45) is 11.7 Å². The summed E-state index contributed by atoms with van der Waals surface area (Å²) in [6.45, 7) is 2.08. The van der Waals surface area contributed by atoms with Crippen molar-refractivity contribution >= 4 is 23.2 Å². The molecule has 0 radical (unpaired) electrons. The first-order chi connectivity index (χ1) is 9.00. The molecule has 0 aliphatic heterocycles. The van der Waals surface area contributed by atoms with Gasteiger partial charge in [0.25, 0.3) is 0 Å². The highest BCUT2D eigenvalue weighted by molar-refractivity contribution is 7.80. The minimum Gasteiger partial charge on any atom is -0.465 e. The van der Waals surface area contributed by atoms with E-state index in [0.717, 1.165) is 18.4 Å². The average Bonchev–Trinajstić information content (AvgIpc) is 2.35. The monoisotopic (exact) mass is 277 g/mol. The van der Waals surface area contributed by atoms with Crippen LogP contribution in [-0.2, 0) is 10.2 Å². The van der Waals surface area contributed by atoms with Gasteiger partial charge in [-0.15, -0.1) is 0 Å². The lowest BCUT2D eigenvalue weighted by atomic mass is 9.63. The number of rotatable bonds is 4. The molecule has 2 N–H and O–H groups in total. The Labute approximate surface area is 119 Å². The van der Waals surface area contributed by atoms with Gasteiger partial charge >= 0.3 is 5.97 Å². The molecule has 1 aliphatic rings. The Hall–Kier alpha value is -1.42. The zero-order valence-electron chi connectivity index (χ0n) is 11.3. The summed E-state index contributed by atoms with van der Waals surface area (Å²) in [5.41, 5.74) is 7.20. The number of esters is 1. The zero-order valence-corrected chi connectivity index (χ0v) is 12.1. The summed E-state index contributed by atoms with van der Waals surface area (Å²) < 4.78 is 4.76. The summed E-state index contributed by atoms with van der Waals surface area (Å²) >= 11 is 5.29. The molecular weight excluding hydrogens is 258 g/mol. The maximum absolute atomic E-state index is 11.6. The minimum absolute atomic E-state index is 0.333. The van der Waals surface area contributed by atoms with Gasteiger partial charge in [-0.3, -0.25) is 0 Å². The number of benzene rings is 1. The second-order valence-electron chi connectivity index (χ2n) is 5.27. The third-order valence-corrected chi connectivity index (χ3v) is 4.74. The molecule has 0 aromatic heterocycles. The molecule has 1 saturated carbocycles. The quantitative estimate of drug-likeness (QED) is 0.679. The van der Waals surface area contributed by atoms with E-state index in [0.29, 0.717) is 16.5 Å². The SMILES string of the molecule is COC(=O)c1cccc(C(C)(C(N)=S)C2CCC2)c1. The van der Waals surface area contributed by atoms with Crippen molar-refractivity contribution in [3.63, 3.8) is 0 Å². The molecule has 1 atom stereocenters. The lowest BCUT2D eigenvalue weighted by Gasteiger charge is -2.42. The first-order valence-electron chi connectivity index (χ1n) is 6.49. The summed E-state index contributed by atoms with van der Waals surface area (Å²) in [5.74, 6) is 0.138. The van der Waals surface area contributed by atoms with E-state index in [-0.39, 0.29) is 11.4 Å². The number of thiocarbonyl (C=S) groups is 1. The Bertz CT molecular complexity index is 511. The Morgan fingerprint density at radius 3 is 2.63 bits per heavy atom. The Morgan fingerprint density at radius 1 is 1.47 bits per heavy atom. The van der Waals surface area contributed by atoms with Crippen molar-refractivity contribution in [3.05, 3.63) is 35.4 Å². The van der Waals surface area contributed by atoms with Crippen LogP contribution in [0.3, 0.4) is 0 Å². The number of ether oxygens (including phenoxy) is 1. The molecule has 4 heteroatoms. The van der Waals surface area contributed by atoms with Crippen LogP contribution in [0.1, 0.15) is 42.1 Å². The molecule has 0 saturated heterocycles. The van der Waals surface area contributed by atoms with Crippen molar-refractivity contribution in [1.29, 1.82) is 0 Å². The summed E-state index contributed by atoms with van der Waals surface area (Å²) in [7, 11) is 1.38. The molecule has 2 rings (SSSR count). The standard InChI is InChI=1S/C15H19NO2S/c1-15(14(16)19,11-6-4-7-11)12-8-3-5-10(9-12)13(17)18-2/h3,5,8-9,11H,4,6-7H2,1-2H3,(H2,16,19). The van der Waals surface area contributed by atoms with Crippen molar-refractivity contribution in [3.8, 4) is 0 Å². The lowest BCUT2D eigenvalue weighted by molar-refractivity contribution is 0.0600. The topological polar surface area (TPSA) is 52.3 Å². The summed E-state index contributed by atoms with van der Waals surface area (Å²) in [5, 5.41) is 0. The molecule has 102 valence electrons. The van der Waals surface area contributed by atoms with E-state index in [1.807, 2.05) is 18.2 Å². The Kier molecular flexibility index (Phi) is 3.90. The fourth-order valence-corrected chi connectivity index (χ4v) is 2.94. The van der Waals surface area contributed by atoms with Crippen LogP contribution < -0.4 is 5.73 Å². The summed E-state index contributed by atoms with van der Waals surface area (Å²) in [6, 6.07) is 7.44. The molecule has 1 fully saturated rings. The molecular formula is C15H19NO2S. The number of hydrogen-bond acceptors (Lipinski definition) is 3. The third-order valence-electron chi connectivity index (χ3n) is 4.32. The van der Waals surface area contributed by atoms with E-state index < -0.39 is 0 Å². The van der Waals surface area contributed by atoms with Gasteiger partial charge in [-0.1, -0.05) is 30.8 Å².